The van der Waals surface area contributed by atoms with Gasteiger partial charge in [-0.1, -0.05) is 18.2 Å². The molecule has 0 radical (unpaired) electrons. The molecule has 0 spiro atoms. The Morgan fingerprint density at radius 1 is 1.11 bits per heavy atom. The van der Waals surface area contributed by atoms with E-state index in [1.165, 1.54) is 6.20 Å². The monoisotopic (exact) mass is 336 g/mol. The Kier molecular flexibility index (Phi) is 2.91. The molecule has 0 aliphatic rings. The van der Waals surface area contributed by atoms with Crippen LogP contribution >= 0.6 is 15.9 Å². The van der Waals surface area contributed by atoms with E-state index in [0.29, 0.717) is 10.1 Å². The van der Waals surface area contributed by atoms with Crippen LogP contribution in [0.2, 0.25) is 0 Å². The Balaban J connectivity index is 2.27. The highest BCUT2D eigenvalue weighted by Crippen LogP contribution is 2.32. The smallest absolute Gasteiger partial charge is 0.209 e. The number of hydrogen-bond acceptors (Lipinski definition) is 3. The van der Waals surface area contributed by atoms with Crippen molar-refractivity contribution in [2.24, 2.45) is 0 Å². The van der Waals surface area contributed by atoms with E-state index in [9.17, 15) is 8.42 Å². The number of aromatic nitrogens is 2. The van der Waals surface area contributed by atoms with Crippen molar-refractivity contribution in [2.45, 2.75) is 9.79 Å². The predicted molar refractivity (Wildman–Crippen MR) is 75.7 cm³/mol. The topological polar surface area (TPSA) is 62.8 Å². The minimum absolute atomic E-state index is 0.172. The fraction of sp³-hybridized carbons (Fsp3) is 0. The molecule has 0 fully saturated rings. The van der Waals surface area contributed by atoms with Crippen molar-refractivity contribution in [3.63, 3.8) is 0 Å². The Morgan fingerprint density at radius 2 is 1.84 bits per heavy atom. The molecular weight excluding hydrogens is 328 g/mol. The molecule has 0 bridgehead atoms. The van der Waals surface area contributed by atoms with Crippen LogP contribution in [0.1, 0.15) is 0 Å². The molecule has 1 N–H and O–H groups in total. The molecule has 0 amide bonds. The standard InChI is InChI=1S/C13H9BrN2O2S/c14-12-10-6-7-15-13(10)16-8-11(12)19(17,18)9-4-2-1-3-5-9/h1-8H,(H,15,16). The Labute approximate surface area is 118 Å². The molecule has 0 unspecified atom stereocenters. The average molecular weight is 337 g/mol. The number of nitrogens with one attached hydrogen (secondary N) is 1. The Bertz CT molecular complexity index is 841. The summed E-state index contributed by atoms with van der Waals surface area (Å²) in [4.78, 5) is 7.50. The summed E-state index contributed by atoms with van der Waals surface area (Å²) < 4.78 is 25.6. The summed E-state index contributed by atoms with van der Waals surface area (Å²) in [6, 6.07) is 10.1. The van der Waals surface area contributed by atoms with E-state index in [1.54, 1.807) is 42.6 Å². The minimum atomic E-state index is -3.56. The molecule has 2 heterocycles. The highest BCUT2D eigenvalue weighted by atomic mass is 79.9. The first kappa shape index (κ1) is 12.4. The lowest BCUT2D eigenvalue weighted by molar-refractivity contribution is 0.595. The summed E-state index contributed by atoms with van der Waals surface area (Å²) in [6.45, 7) is 0. The summed E-state index contributed by atoms with van der Waals surface area (Å²) in [5.74, 6) is 0. The lowest BCUT2D eigenvalue weighted by Crippen LogP contribution is -2.03. The maximum atomic E-state index is 12.5. The number of aromatic amines is 1. The van der Waals surface area contributed by atoms with Gasteiger partial charge in [-0.15, -0.1) is 0 Å². The summed E-state index contributed by atoms with van der Waals surface area (Å²) in [7, 11) is -3.56. The molecule has 19 heavy (non-hydrogen) atoms. The summed E-state index contributed by atoms with van der Waals surface area (Å²) in [5, 5.41) is 0.747. The molecule has 96 valence electrons. The quantitative estimate of drug-likeness (QED) is 0.781. The van der Waals surface area contributed by atoms with Crippen LogP contribution in [0.5, 0.6) is 0 Å². The van der Waals surface area contributed by atoms with E-state index < -0.39 is 9.84 Å². The summed E-state index contributed by atoms with van der Waals surface area (Å²) in [6.07, 6.45) is 3.09. The second kappa shape index (κ2) is 4.47. The third-order valence-electron chi connectivity index (χ3n) is 2.83. The van der Waals surface area contributed by atoms with Crippen LogP contribution in [0.3, 0.4) is 0 Å². The number of pyridine rings is 1. The van der Waals surface area contributed by atoms with Gasteiger partial charge in [0.2, 0.25) is 9.84 Å². The van der Waals surface area contributed by atoms with Gasteiger partial charge >= 0.3 is 0 Å². The van der Waals surface area contributed by atoms with E-state index >= 15 is 0 Å². The molecule has 0 atom stereocenters. The van der Waals surface area contributed by atoms with E-state index in [1.807, 2.05) is 0 Å². The predicted octanol–water partition coefficient (Wildman–Crippen LogP) is 3.16. The van der Waals surface area contributed by atoms with Gasteiger partial charge in [0, 0.05) is 22.3 Å². The number of fused-ring (bicyclic) bond motifs is 1. The lowest BCUT2D eigenvalue weighted by Gasteiger charge is -2.07. The highest BCUT2D eigenvalue weighted by Gasteiger charge is 2.22. The molecule has 0 aliphatic heterocycles. The van der Waals surface area contributed by atoms with Gasteiger partial charge in [0.15, 0.2) is 0 Å². The zero-order chi connectivity index (χ0) is 13.5. The van der Waals surface area contributed by atoms with Crippen molar-refractivity contribution in [1.82, 2.24) is 9.97 Å². The van der Waals surface area contributed by atoms with Crippen LogP contribution in [0.25, 0.3) is 11.0 Å². The van der Waals surface area contributed by atoms with Gasteiger partial charge in [0.25, 0.3) is 0 Å². The molecule has 1 aromatic carbocycles. The van der Waals surface area contributed by atoms with Crippen molar-refractivity contribution in [3.05, 3.63) is 53.3 Å². The van der Waals surface area contributed by atoms with Gasteiger partial charge in [-0.2, -0.15) is 0 Å². The number of nitrogens with zero attached hydrogens (tertiary/aromatic N) is 1. The number of halogens is 1. The first-order valence-corrected chi connectivity index (χ1v) is 7.80. The van der Waals surface area contributed by atoms with Crippen LogP contribution < -0.4 is 0 Å². The van der Waals surface area contributed by atoms with Crippen LogP contribution in [-0.2, 0) is 9.84 Å². The summed E-state index contributed by atoms with van der Waals surface area (Å²) >= 11 is 3.35. The van der Waals surface area contributed by atoms with Crippen LogP contribution in [0.15, 0.2) is 63.1 Å². The Morgan fingerprint density at radius 3 is 2.58 bits per heavy atom. The van der Waals surface area contributed by atoms with Crippen LogP contribution in [-0.4, -0.2) is 18.4 Å². The van der Waals surface area contributed by atoms with Gasteiger partial charge < -0.3 is 4.98 Å². The zero-order valence-corrected chi connectivity index (χ0v) is 12.1. The second-order valence-electron chi connectivity index (χ2n) is 3.99. The first-order chi connectivity index (χ1) is 9.10. The molecule has 6 heteroatoms. The van der Waals surface area contributed by atoms with Crippen molar-refractivity contribution in [1.29, 1.82) is 0 Å². The van der Waals surface area contributed by atoms with E-state index in [2.05, 4.69) is 25.9 Å². The molecule has 0 saturated heterocycles. The van der Waals surface area contributed by atoms with Gasteiger partial charge in [0.1, 0.15) is 10.5 Å². The number of sulfone groups is 1. The van der Waals surface area contributed by atoms with Gasteiger partial charge in [-0.25, -0.2) is 13.4 Å². The molecule has 3 aromatic rings. The third-order valence-corrected chi connectivity index (χ3v) is 5.73. The number of rotatable bonds is 2. The van der Waals surface area contributed by atoms with E-state index in [-0.39, 0.29) is 9.79 Å². The molecule has 0 saturated carbocycles. The highest BCUT2D eigenvalue weighted by molar-refractivity contribution is 9.10. The van der Waals surface area contributed by atoms with Crippen molar-refractivity contribution < 1.29 is 8.42 Å². The Hall–Kier alpha value is -1.66. The molecule has 2 aromatic heterocycles. The maximum absolute atomic E-state index is 12.5. The van der Waals surface area contributed by atoms with Crippen molar-refractivity contribution >= 4 is 36.8 Å². The van der Waals surface area contributed by atoms with Crippen LogP contribution in [0, 0.1) is 0 Å². The summed E-state index contributed by atoms with van der Waals surface area (Å²) in [5.41, 5.74) is 0.652. The zero-order valence-electron chi connectivity index (χ0n) is 9.67. The second-order valence-corrected chi connectivity index (χ2v) is 6.70. The molecule has 3 rings (SSSR count). The first-order valence-electron chi connectivity index (χ1n) is 5.52. The van der Waals surface area contributed by atoms with Gasteiger partial charge in [-0.3, -0.25) is 0 Å². The maximum Gasteiger partial charge on any atom is 0.209 e. The number of hydrogen-bond donors (Lipinski definition) is 1. The third kappa shape index (κ3) is 1.97. The average Bonchev–Trinajstić information content (AvgIpc) is 2.89. The van der Waals surface area contributed by atoms with E-state index in [4.69, 9.17) is 0 Å². The molecule has 4 nitrogen and oxygen atoms in total. The number of H-pyrrole nitrogens is 1. The largest absolute Gasteiger partial charge is 0.346 e. The molecular formula is C13H9BrN2O2S. The van der Waals surface area contributed by atoms with Gasteiger partial charge in [-0.05, 0) is 34.1 Å². The SMILES string of the molecule is O=S(=O)(c1ccccc1)c1cnc2[nH]ccc2c1Br. The minimum Gasteiger partial charge on any atom is -0.346 e. The normalized spacial score (nSPS) is 11.8. The molecule has 0 aliphatic carbocycles. The number of benzene rings is 1. The van der Waals surface area contributed by atoms with Crippen molar-refractivity contribution in [2.75, 3.05) is 0 Å². The fourth-order valence-corrected chi connectivity index (χ4v) is 4.24. The fourth-order valence-electron chi connectivity index (χ4n) is 1.87. The van der Waals surface area contributed by atoms with Crippen LogP contribution in [0.4, 0.5) is 0 Å². The van der Waals surface area contributed by atoms with E-state index in [0.717, 1.165) is 5.39 Å². The lowest BCUT2D eigenvalue weighted by atomic mass is 10.3. The van der Waals surface area contributed by atoms with Crippen molar-refractivity contribution in [3.8, 4) is 0 Å². The van der Waals surface area contributed by atoms with Gasteiger partial charge in [0.05, 0.1) is 4.90 Å².